The van der Waals surface area contributed by atoms with E-state index < -0.39 is 0 Å². The van der Waals surface area contributed by atoms with Gasteiger partial charge in [-0.3, -0.25) is 4.79 Å². The van der Waals surface area contributed by atoms with Crippen LogP contribution >= 0.6 is 31.9 Å². The van der Waals surface area contributed by atoms with Crippen LogP contribution in [0.5, 0.6) is 5.75 Å². The van der Waals surface area contributed by atoms with Crippen molar-refractivity contribution >= 4 is 37.8 Å². The van der Waals surface area contributed by atoms with Crippen molar-refractivity contribution in [2.75, 3.05) is 20.3 Å². The van der Waals surface area contributed by atoms with Crippen LogP contribution < -0.4 is 10.1 Å². The minimum atomic E-state index is -0.259. The molecule has 0 fully saturated rings. The summed E-state index contributed by atoms with van der Waals surface area (Å²) >= 11 is 6.85. The van der Waals surface area contributed by atoms with Gasteiger partial charge < -0.3 is 14.8 Å². The van der Waals surface area contributed by atoms with Crippen molar-refractivity contribution in [3.05, 3.63) is 26.6 Å². The first-order valence-corrected chi connectivity index (χ1v) is 7.05. The van der Waals surface area contributed by atoms with Gasteiger partial charge in [-0.1, -0.05) is 15.9 Å². The second-order valence-corrected chi connectivity index (χ2v) is 5.26. The van der Waals surface area contributed by atoms with Crippen LogP contribution in [0.4, 0.5) is 0 Å². The Morgan fingerprint density at radius 2 is 2.11 bits per heavy atom. The first kappa shape index (κ1) is 15.5. The van der Waals surface area contributed by atoms with Crippen LogP contribution in [0.15, 0.2) is 21.1 Å². The van der Waals surface area contributed by atoms with E-state index in [1.54, 1.807) is 14.0 Å². The number of esters is 1. The molecule has 0 saturated heterocycles. The summed E-state index contributed by atoms with van der Waals surface area (Å²) in [6.45, 7) is 2.89. The Hall–Kier alpha value is -0.590. The van der Waals surface area contributed by atoms with E-state index in [2.05, 4.69) is 37.2 Å². The van der Waals surface area contributed by atoms with Crippen molar-refractivity contribution in [1.29, 1.82) is 0 Å². The molecule has 0 atom stereocenters. The van der Waals surface area contributed by atoms with Crippen molar-refractivity contribution in [2.45, 2.75) is 13.5 Å². The first-order chi connectivity index (χ1) is 8.58. The molecule has 0 aliphatic rings. The van der Waals surface area contributed by atoms with Gasteiger partial charge in [0.05, 0.1) is 24.7 Å². The maximum Gasteiger partial charge on any atom is 0.319 e. The number of nitrogens with one attached hydrogen (secondary N) is 1. The predicted molar refractivity (Wildman–Crippen MR) is 76.7 cm³/mol. The largest absolute Gasteiger partial charge is 0.495 e. The summed E-state index contributed by atoms with van der Waals surface area (Å²) in [7, 11) is 1.61. The van der Waals surface area contributed by atoms with Crippen LogP contribution in [0.1, 0.15) is 12.5 Å². The predicted octanol–water partition coefficient (Wildman–Crippen LogP) is 2.87. The molecule has 1 N–H and O–H groups in total. The Kier molecular flexibility index (Phi) is 6.67. The highest BCUT2D eigenvalue weighted by atomic mass is 79.9. The molecule has 18 heavy (non-hydrogen) atoms. The smallest absolute Gasteiger partial charge is 0.319 e. The van der Waals surface area contributed by atoms with Gasteiger partial charge in [0, 0.05) is 16.6 Å². The van der Waals surface area contributed by atoms with E-state index >= 15 is 0 Å². The Morgan fingerprint density at radius 1 is 1.39 bits per heavy atom. The lowest BCUT2D eigenvalue weighted by Crippen LogP contribution is -2.24. The Labute approximate surface area is 123 Å². The van der Waals surface area contributed by atoms with Crippen molar-refractivity contribution in [3.63, 3.8) is 0 Å². The Bertz CT molecular complexity index is 424. The Morgan fingerprint density at radius 3 is 2.72 bits per heavy atom. The second kappa shape index (κ2) is 7.76. The summed E-state index contributed by atoms with van der Waals surface area (Å²) in [4.78, 5) is 11.2. The van der Waals surface area contributed by atoms with Gasteiger partial charge in [-0.15, -0.1) is 0 Å². The molecule has 1 aromatic rings. The molecule has 1 rings (SSSR count). The standard InChI is InChI=1S/C12H15Br2NO3/c1-3-18-11(16)7-15-6-8-4-9(13)5-10(14)12(8)17-2/h4-5,15H,3,6-7H2,1-2H3. The second-order valence-electron chi connectivity index (χ2n) is 3.49. The molecule has 0 aliphatic carbocycles. The highest BCUT2D eigenvalue weighted by Gasteiger charge is 2.09. The molecule has 0 aromatic heterocycles. The topological polar surface area (TPSA) is 47.6 Å². The van der Waals surface area contributed by atoms with Crippen molar-refractivity contribution in [3.8, 4) is 5.75 Å². The maximum atomic E-state index is 11.2. The van der Waals surface area contributed by atoms with Crippen molar-refractivity contribution < 1.29 is 14.3 Å². The van der Waals surface area contributed by atoms with Gasteiger partial charge in [-0.05, 0) is 35.0 Å². The number of halogens is 2. The highest BCUT2D eigenvalue weighted by molar-refractivity contribution is 9.11. The van der Waals surface area contributed by atoms with Crippen LogP contribution in [0.3, 0.4) is 0 Å². The van der Waals surface area contributed by atoms with E-state index in [0.29, 0.717) is 13.2 Å². The van der Waals surface area contributed by atoms with E-state index in [4.69, 9.17) is 9.47 Å². The minimum Gasteiger partial charge on any atom is -0.495 e. The number of methoxy groups -OCH3 is 1. The normalized spacial score (nSPS) is 10.2. The van der Waals surface area contributed by atoms with Gasteiger partial charge in [-0.25, -0.2) is 0 Å². The van der Waals surface area contributed by atoms with Gasteiger partial charge >= 0.3 is 5.97 Å². The van der Waals surface area contributed by atoms with E-state index in [0.717, 1.165) is 20.3 Å². The molecule has 0 aliphatic heterocycles. The number of hydrogen-bond donors (Lipinski definition) is 1. The number of ether oxygens (including phenoxy) is 2. The lowest BCUT2D eigenvalue weighted by atomic mass is 10.2. The summed E-state index contributed by atoms with van der Waals surface area (Å²) in [6, 6.07) is 3.86. The monoisotopic (exact) mass is 379 g/mol. The lowest BCUT2D eigenvalue weighted by Gasteiger charge is -2.12. The number of hydrogen-bond acceptors (Lipinski definition) is 4. The molecule has 0 saturated carbocycles. The van der Waals surface area contributed by atoms with E-state index in [1.807, 2.05) is 12.1 Å². The van der Waals surface area contributed by atoms with Gasteiger partial charge in [0.15, 0.2) is 0 Å². The maximum absolute atomic E-state index is 11.2. The molecule has 100 valence electrons. The van der Waals surface area contributed by atoms with Gasteiger partial charge in [-0.2, -0.15) is 0 Å². The highest BCUT2D eigenvalue weighted by Crippen LogP contribution is 2.32. The molecule has 0 heterocycles. The van der Waals surface area contributed by atoms with Crippen LogP contribution in [0.2, 0.25) is 0 Å². The van der Waals surface area contributed by atoms with Crippen molar-refractivity contribution in [1.82, 2.24) is 5.32 Å². The third-order valence-corrected chi connectivity index (χ3v) is 3.23. The van der Waals surface area contributed by atoms with Gasteiger partial charge in [0.25, 0.3) is 0 Å². The summed E-state index contributed by atoms with van der Waals surface area (Å²) in [5.41, 5.74) is 0.961. The number of rotatable bonds is 6. The zero-order valence-corrected chi connectivity index (χ0v) is 13.4. The fourth-order valence-corrected chi connectivity index (χ4v) is 2.96. The number of carbonyl (C=O) groups excluding carboxylic acids is 1. The Balaban J connectivity index is 2.64. The number of benzene rings is 1. The molecule has 0 spiro atoms. The zero-order valence-electron chi connectivity index (χ0n) is 10.3. The van der Waals surface area contributed by atoms with Gasteiger partial charge in [0.2, 0.25) is 0 Å². The molecule has 6 heteroatoms. The van der Waals surface area contributed by atoms with Crippen LogP contribution in [0.25, 0.3) is 0 Å². The summed E-state index contributed by atoms with van der Waals surface area (Å²) in [5, 5.41) is 3.02. The van der Waals surface area contributed by atoms with E-state index in [9.17, 15) is 4.79 Å². The van der Waals surface area contributed by atoms with E-state index in [-0.39, 0.29) is 12.5 Å². The first-order valence-electron chi connectivity index (χ1n) is 5.46. The van der Waals surface area contributed by atoms with Crippen LogP contribution in [-0.2, 0) is 16.1 Å². The number of carbonyl (C=O) groups is 1. The molecule has 1 aromatic carbocycles. The summed E-state index contributed by atoms with van der Waals surface area (Å²) < 4.78 is 12.0. The fraction of sp³-hybridized carbons (Fsp3) is 0.417. The average molecular weight is 381 g/mol. The lowest BCUT2D eigenvalue weighted by molar-refractivity contribution is -0.142. The van der Waals surface area contributed by atoms with Gasteiger partial charge in [0.1, 0.15) is 5.75 Å². The molecule has 4 nitrogen and oxygen atoms in total. The molecule has 0 unspecified atom stereocenters. The molecule has 0 amide bonds. The van der Waals surface area contributed by atoms with E-state index in [1.165, 1.54) is 0 Å². The minimum absolute atomic E-state index is 0.182. The SMILES string of the molecule is CCOC(=O)CNCc1cc(Br)cc(Br)c1OC. The molecular formula is C12H15Br2NO3. The quantitative estimate of drug-likeness (QED) is 0.771. The van der Waals surface area contributed by atoms with Crippen molar-refractivity contribution in [2.24, 2.45) is 0 Å². The van der Waals surface area contributed by atoms with Crippen LogP contribution in [0, 0.1) is 0 Å². The average Bonchev–Trinajstić information content (AvgIpc) is 2.28. The molecule has 0 radical (unpaired) electrons. The third kappa shape index (κ3) is 4.59. The third-order valence-electron chi connectivity index (χ3n) is 2.18. The molecule has 0 bridgehead atoms. The molecular weight excluding hydrogens is 366 g/mol. The summed E-state index contributed by atoms with van der Waals surface area (Å²) in [5.74, 6) is 0.500. The summed E-state index contributed by atoms with van der Waals surface area (Å²) in [6.07, 6.45) is 0. The fourth-order valence-electron chi connectivity index (χ4n) is 1.48. The van der Waals surface area contributed by atoms with Crippen LogP contribution in [-0.4, -0.2) is 26.2 Å². The zero-order chi connectivity index (χ0) is 13.5.